The van der Waals surface area contributed by atoms with Crippen LogP contribution in [0.2, 0.25) is 10.0 Å². The van der Waals surface area contributed by atoms with Crippen molar-refractivity contribution in [3.05, 3.63) is 90.3 Å². The van der Waals surface area contributed by atoms with E-state index in [9.17, 15) is 14.4 Å². The maximum Gasteiger partial charge on any atom is 0.335 e. The number of rotatable bonds is 6. The zero-order chi connectivity index (χ0) is 26.0. The van der Waals surface area contributed by atoms with E-state index in [1.165, 1.54) is 31.4 Å². The van der Waals surface area contributed by atoms with Gasteiger partial charge in [-0.15, -0.1) is 0 Å². The Morgan fingerprint density at radius 2 is 1.75 bits per heavy atom. The number of hydrogen-bond donors (Lipinski definition) is 1. The second kappa shape index (κ2) is 11.0. The van der Waals surface area contributed by atoms with Gasteiger partial charge in [-0.2, -0.15) is 0 Å². The van der Waals surface area contributed by atoms with Crippen molar-refractivity contribution in [3.63, 3.8) is 0 Å². The molecule has 4 rings (SSSR count). The number of anilines is 1. The zero-order valence-electron chi connectivity index (χ0n) is 18.5. The van der Waals surface area contributed by atoms with Gasteiger partial charge in [0.05, 0.1) is 17.8 Å². The SMILES string of the molecule is COc1cc(/C=C2\C(=O)NC(=O)N(c3ccc(Cl)cc3Cl)C2=O)ccc1OCc1ccc(Br)cc1Br. The van der Waals surface area contributed by atoms with Gasteiger partial charge in [-0.3, -0.25) is 14.9 Å². The highest BCUT2D eigenvalue weighted by atomic mass is 79.9. The van der Waals surface area contributed by atoms with Crippen LogP contribution >= 0.6 is 55.1 Å². The smallest absolute Gasteiger partial charge is 0.335 e. The Hall–Kier alpha value is -2.85. The molecule has 0 spiro atoms. The Balaban J connectivity index is 1.61. The number of hydrogen-bond acceptors (Lipinski definition) is 5. The summed E-state index contributed by atoms with van der Waals surface area (Å²) in [6, 6.07) is 14.1. The van der Waals surface area contributed by atoms with E-state index in [0.29, 0.717) is 22.1 Å². The van der Waals surface area contributed by atoms with Crippen LogP contribution in [0.3, 0.4) is 0 Å². The molecular weight excluding hydrogens is 639 g/mol. The van der Waals surface area contributed by atoms with E-state index in [2.05, 4.69) is 37.2 Å². The first-order valence-corrected chi connectivity index (χ1v) is 12.6. The molecule has 1 aliphatic rings. The fourth-order valence-corrected chi connectivity index (χ4v) is 5.05. The molecule has 1 N–H and O–H groups in total. The average molecular weight is 655 g/mol. The Morgan fingerprint density at radius 1 is 0.972 bits per heavy atom. The minimum atomic E-state index is -0.910. The van der Waals surface area contributed by atoms with Gasteiger partial charge in [0.25, 0.3) is 11.8 Å². The van der Waals surface area contributed by atoms with Crippen molar-refractivity contribution >= 4 is 84.7 Å². The molecule has 11 heteroatoms. The number of barbiturate groups is 1. The third-order valence-corrected chi connectivity index (χ3v) is 6.92. The highest BCUT2D eigenvalue weighted by molar-refractivity contribution is 9.11. The minimum absolute atomic E-state index is 0.0836. The van der Waals surface area contributed by atoms with E-state index < -0.39 is 17.8 Å². The van der Waals surface area contributed by atoms with Crippen molar-refractivity contribution in [2.24, 2.45) is 0 Å². The minimum Gasteiger partial charge on any atom is -0.493 e. The number of carbonyl (C=O) groups excluding carboxylic acids is 3. The third kappa shape index (κ3) is 5.59. The van der Waals surface area contributed by atoms with Crippen LogP contribution in [0.1, 0.15) is 11.1 Å². The molecule has 0 bridgehead atoms. The average Bonchev–Trinajstić information content (AvgIpc) is 2.82. The number of nitrogens with zero attached hydrogens (tertiary/aromatic N) is 1. The maximum atomic E-state index is 13.1. The molecule has 0 atom stereocenters. The molecule has 1 saturated heterocycles. The lowest BCUT2D eigenvalue weighted by molar-refractivity contribution is -0.122. The third-order valence-electron chi connectivity index (χ3n) is 5.15. The van der Waals surface area contributed by atoms with Crippen molar-refractivity contribution in [3.8, 4) is 11.5 Å². The molecule has 0 saturated carbocycles. The van der Waals surface area contributed by atoms with Crippen LogP contribution in [0.25, 0.3) is 6.08 Å². The number of imide groups is 2. The summed E-state index contributed by atoms with van der Waals surface area (Å²) in [6.45, 7) is 0.282. The zero-order valence-corrected chi connectivity index (χ0v) is 23.2. The van der Waals surface area contributed by atoms with Gasteiger partial charge in [0.15, 0.2) is 11.5 Å². The van der Waals surface area contributed by atoms with Crippen LogP contribution in [0.4, 0.5) is 10.5 Å². The van der Waals surface area contributed by atoms with E-state index in [-0.39, 0.29) is 22.9 Å². The number of halogens is 4. The summed E-state index contributed by atoms with van der Waals surface area (Å²) in [5.74, 6) is -0.786. The molecule has 1 fully saturated rings. The highest BCUT2D eigenvalue weighted by Gasteiger charge is 2.37. The molecule has 3 aromatic rings. The number of amides is 4. The van der Waals surface area contributed by atoms with Crippen LogP contribution in [0.15, 0.2) is 69.1 Å². The predicted octanol–water partition coefficient (Wildman–Crippen LogP) is 6.77. The number of nitrogens with one attached hydrogen (secondary N) is 1. The number of ether oxygens (including phenoxy) is 2. The van der Waals surface area contributed by atoms with Crippen LogP contribution in [0, 0.1) is 0 Å². The van der Waals surface area contributed by atoms with Crippen LogP contribution < -0.4 is 19.7 Å². The normalized spacial score (nSPS) is 14.8. The van der Waals surface area contributed by atoms with Crippen molar-refractivity contribution in [1.82, 2.24) is 5.32 Å². The van der Waals surface area contributed by atoms with Gasteiger partial charge >= 0.3 is 6.03 Å². The van der Waals surface area contributed by atoms with Crippen molar-refractivity contribution in [2.75, 3.05) is 12.0 Å². The van der Waals surface area contributed by atoms with E-state index in [4.69, 9.17) is 32.7 Å². The molecule has 1 aliphatic heterocycles. The van der Waals surface area contributed by atoms with Gasteiger partial charge in [-0.25, -0.2) is 9.69 Å². The van der Waals surface area contributed by atoms with Crippen LogP contribution in [-0.4, -0.2) is 25.0 Å². The first kappa shape index (κ1) is 26.2. The molecule has 184 valence electrons. The molecule has 0 aromatic heterocycles. The standard InChI is InChI=1S/C25H16Br2Cl2N2O5/c1-35-22-9-13(2-7-21(22)36-12-14-3-4-15(26)10-18(14)27)8-17-23(32)30-25(34)31(24(17)33)20-6-5-16(28)11-19(20)29/h2-11H,12H2,1H3,(H,30,32,34)/b17-8+. The van der Waals surface area contributed by atoms with E-state index >= 15 is 0 Å². The van der Waals surface area contributed by atoms with Gasteiger partial charge in [0.2, 0.25) is 0 Å². The molecule has 1 heterocycles. The highest BCUT2D eigenvalue weighted by Crippen LogP contribution is 2.33. The lowest BCUT2D eigenvalue weighted by Crippen LogP contribution is -2.54. The summed E-state index contributed by atoms with van der Waals surface area (Å²) in [7, 11) is 1.48. The number of urea groups is 1. The van der Waals surface area contributed by atoms with Crippen molar-refractivity contribution in [1.29, 1.82) is 0 Å². The second-order valence-electron chi connectivity index (χ2n) is 7.49. The number of methoxy groups -OCH3 is 1. The van der Waals surface area contributed by atoms with Gasteiger partial charge in [0, 0.05) is 19.5 Å². The van der Waals surface area contributed by atoms with Gasteiger partial charge in [-0.1, -0.05) is 67.2 Å². The Labute approximate surface area is 233 Å². The quantitative estimate of drug-likeness (QED) is 0.234. The van der Waals surface area contributed by atoms with E-state index in [0.717, 1.165) is 19.4 Å². The van der Waals surface area contributed by atoms with Gasteiger partial charge in [0.1, 0.15) is 12.2 Å². The first-order chi connectivity index (χ1) is 17.2. The molecule has 3 aromatic carbocycles. The molecule has 7 nitrogen and oxygen atoms in total. The molecule has 4 amide bonds. The lowest BCUT2D eigenvalue weighted by atomic mass is 10.1. The summed E-state index contributed by atoms with van der Waals surface area (Å²) in [5, 5.41) is 2.58. The maximum absolute atomic E-state index is 13.1. The summed E-state index contributed by atoms with van der Waals surface area (Å²) in [4.78, 5) is 38.9. The molecular formula is C25H16Br2Cl2N2O5. The van der Waals surface area contributed by atoms with E-state index in [1.54, 1.807) is 18.2 Å². The molecule has 0 aliphatic carbocycles. The monoisotopic (exact) mass is 652 g/mol. The van der Waals surface area contributed by atoms with Crippen molar-refractivity contribution in [2.45, 2.75) is 6.61 Å². The fourth-order valence-electron chi connectivity index (χ4n) is 3.39. The number of benzene rings is 3. The van der Waals surface area contributed by atoms with Gasteiger partial charge < -0.3 is 9.47 Å². The largest absolute Gasteiger partial charge is 0.493 e. The molecule has 0 radical (unpaired) electrons. The van der Waals surface area contributed by atoms with Crippen LogP contribution in [0.5, 0.6) is 11.5 Å². The summed E-state index contributed by atoms with van der Waals surface area (Å²) >= 11 is 19.0. The Morgan fingerprint density at radius 3 is 2.44 bits per heavy atom. The first-order valence-electron chi connectivity index (χ1n) is 10.3. The second-order valence-corrected chi connectivity index (χ2v) is 10.1. The van der Waals surface area contributed by atoms with E-state index in [1.807, 2.05) is 18.2 Å². The Kier molecular flexibility index (Phi) is 8.04. The van der Waals surface area contributed by atoms with Crippen molar-refractivity contribution < 1.29 is 23.9 Å². The topological polar surface area (TPSA) is 84.9 Å². The summed E-state index contributed by atoms with van der Waals surface area (Å²) < 4.78 is 13.2. The summed E-state index contributed by atoms with van der Waals surface area (Å²) in [6.07, 6.45) is 1.36. The van der Waals surface area contributed by atoms with Gasteiger partial charge in [-0.05, 0) is 54.1 Å². The molecule has 36 heavy (non-hydrogen) atoms. The fraction of sp³-hybridized carbons (Fsp3) is 0.0800. The number of carbonyl (C=O) groups is 3. The Bertz CT molecular complexity index is 1430. The predicted molar refractivity (Wildman–Crippen MR) is 145 cm³/mol. The summed E-state index contributed by atoms with van der Waals surface area (Å²) in [5.41, 5.74) is 1.26. The van der Waals surface area contributed by atoms with Crippen LogP contribution in [-0.2, 0) is 16.2 Å². The molecule has 0 unspecified atom stereocenters. The lowest BCUT2D eigenvalue weighted by Gasteiger charge is -2.27.